The number of hydrogen-bond donors (Lipinski definition) is 2. The van der Waals surface area contributed by atoms with Crippen molar-refractivity contribution in [1.82, 2.24) is 5.32 Å². The Kier molecular flexibility index (Phi) is 2.02. The van der Waals surface area contributed by atoms with Gasteiger partial charge in [-0.25, -0.2) is 0 Å². The third-order valence-electron chi connectivity index (χ3n) is 2.45. The molecule has 1 fully saturated rings. The van der Waals surface area contributed by atoms with Crippen molar-refractivity contribution in [2.24, 2.45) is 0 Å². The van der Waals surface area contributed by atoms with E-state index in [-0.39, 0.29) is 5.92 Å². The predicted octanol–water partition coefficient (Wildman–Crippen LogP) is 0.827. The van der Waals surface area contributed by atoms with Crippen LogP contribution in [0.15, 0.2) is 30.3 Å². The van der Waals surface area contributed by atoms with E-state index in [1.54, 1.807) is 0 Å². The van der Waals surface area contributed by atoms with Gasteiger partial charge in [0.1, 0.15) is 6.04 Å². The van der Waals surface area contributed by atoms with E-state index >= 15 is 0 Å². The zero-order valence-corrected chi connectivity index (χ0v) is 7.10. The molecule has 2 unspecified atom stereocenters. The maximum Gasteiger partial charge on any atom is 0.321 e. The second-order valence-corrected chi connectivity index (χ2v) is 3.24. The fourth-order valence-corrected chi connectivity index (χ4v) is 1.62. The minimum atomic E-state index is -0.764. The van der Waals surface area contributed by atoms with Gasteiger partial charge in [0, 0.05) is 12.5 Å². The highest BCUT2D eigenvalue weighted by Crippen LogP contribution is 2.25. The second kappa shape index (κ2) is 3.18. The number of rotatable bonds is 2. The van der Waals surface area contributed by atoms with Gasteiger partial charge in [0.25, 0.3) is 0 Å². The van der Waals surface area contributed by atoms with Crippen LogP contribution >= 0.6 is 0 Å². The average molecular weight is 177 g/mol. The molecule has 1 aromatic carbocycles. The van der Waals surface area contributed by atoms with E-state index in [4.69, 9.17) is 5.11 Å². The molecule has 3 heteroatoms. The van der Waals surface area contributed by atoms with Gasteiger partial charge in [-0.05, 0) is 5.56 Å². The van der Waals surface area contributed by atoms with Crippen LogP contribution in [-0.2, 0) is 4.79 Å². The first-order chi connectivity index (χ1) is 6.29. The lowest BCUT2D eigenvalue weighted by Crippen LogP contribution is -2.55. The number of aliphatic carboxylic acids is 1. The van der Waals surface area contributed by atoms with Gasteiger partial charge in [-0.3, -0.25) is 4.79 Å². The summed E-state index contributed by atoms with van der Waals surface area (Å²) in [5, 5.41) is 11.7. The zero-order chi connectivity index (χ0) is 9.26. The van der Waals surface area contributed by atoms with Crippen molar-refractivity contribution >= 4 is 5.97 Å². The highest BCUT2D eigenvalue weighted by molar-refractivity contribution is 5.76. The van der Waals surface area contributed by atoms with Gasteiger partial charge >= 0.3 is 5.97 Å². The molecule has 2 atom stereocenters. The van der Waals surface area contributed by atoms with E-state index in [2.05, 4.69) is 5.32 Å². The van der Waals surface area contributed by atoms with E-state index in [0.717, 1.165) is 12.1 Å². The molecular formula is C10H11NO2. The first-order valence-corrected chi connectivity index (χ1v) is 4.30. The van der Waals surface area contributed by atoms with E-state index in [0.29, 0.717) is 0 Å². The number of carboxylic acid groups (broad SMARTS) is 1. The van der Waals surface area contributed by atoms with Crippen molar-refractivity contribution in [3.05, 3.63) is 35.9 Å². The Labute approximate surface area is 76.4 Å². The lowest BCUT2D eigenvalue weighted by molar-refractivity contribution is -0.142. The maximum atomic E-state index is 10.7. The lowest BCUT2D eigenvalue weighted by atomic mass is 9.85. The van der Waals surface area contributed by atoms with Gasteiger partial charge in [-0.2, -0.15) is 0 Å². The maximum absolute atomic E-state index is 10.7. The Balaban J connectivity index is 2.15. The van der Waals surface area contributed by atoms with Crippen molar-refractivity contribution in [2.75, 3.05) is 6.54 Å². The summed E-state index contributed by atoms with van der Waals surface area (Å²) >= 11 is 0. The molecule has 0 aliphatic carbocycles. The van der Waals surface area contributed by atoms with Crippen LogP contribution in [0.5, 0.6) is 0 Å². The topological polar surface area (TPSA) is 49.3 Å². The quantitative estimate of drug-likeness (QED) is 0.703. The van der Waals surface area contributed by atoms with Crippen LogP contribution in [0.3, 0.4) is 0 Å². The molecule has 68 valence electrons. The molecule has 2 rings (SSSR count). The molecule has 0 radical (unpaired) electrons. The van der Waals surface area contributed by atoms with Crippen molar-refractivity contribution in [2.45, 2.75) is 12.0 Å². The Bertz CT molecular complexity index is 310. The first kappa shape index (κ1) is 8.26. The molecule has 0 saturated carbocycles. The molecular weight excluding hydrogens is 166 g/mol. The Morgan fingerprint density at radius 1 is 1.38 bits per heavy atom. The molecule has 1 aromatic rings. The Morgan fingerprint density at radius 2 is 2.08 bits per heavy atom. The molecule has 1 saturated heterocycles. The molecule has 0 bridgehead atoms. The smallest absolute Gasteiger partial charge is 0.321 e. The predicted molar refractivity (Wildman–Crippen MR) is 48.6 cm³/mol. The monoisotopic (exact) mass is 177 g/mol. The summed E-state index contributed by atoms with van der Waals surface area (Å²) in [4.78, 5) is 10.7. The van der Waals surface area contributed by atoms with Gasteiger partial charge in [0.05, 0.1) is 0 Å². The van der Waals surface area contributed by atoms with Crippen LogP contribution < -0.4 is 5.32 Å². The molecule has 0 amide bonds. The average Bonchev–Trinajstić information content (AvgIpc) is 2.02. The second-order valence-electron chi connectivity index (χ2n) is 3.24. The van der Waals surface area contributed by atoms with E-state index in [9.17, 15) is 4.79 Å². The summed E-state index contributed by atoms with van der Waals surface area (Å²) in [6.07, 6.45) is 0. The summed E-state index contributed by atoms with van der Waals surface area (Å²) in [6.45, 7) is 0.765. The third kappa shape index (κ3) is 1.42. The highest BCUT2D eigenvalue weighted by Gasteiger charge is 2.36. The van der Waals surface area contributed by atoms with E-state index in [1.807, 2.05) is 30.3 Å². The standard InChI is InChI=1S/C10H11NO2/c12-10(13)9-8(6-11-9)7-4-2-1-3-5-7/h1-5,8-9,11H,6H2,(H,12,13). The molecule has 2 N–H and O–H groups in total. The normalized spacial score (nSPS) is 26.5. The summed E-state index contributed by atoms with van der Waals surface area (Å²) in [5.41, 5.74) is 1.11. The number of hydrogen-bond acceptors (Lipinski definition) is 2. The SMILES string of the molecule is O=C(O)C1NCC1c1ccccc1. The molecule has 0 spiro atoms. The van der Waals surface area contributed by atoms with Gasteiger partial charge in [-0.1, -0.05) is 30.3 Å². The molecule has 0 aromatic heterocycles. The first-order valence-electron chi connectivity index (χ1n) is 4.30. The number of carbonyl (C=O) groups is 1. The summed E-state index contributed by atoms with van der Waals surface area (Å²) in [5.74, 6) is -0.626. The molecule has 1 aliphatic heterocycles. The van der Waals surface area contributed by atoms with Crippen molar-refractivity contribution in [3.63, 3.8) is 0 Å². The lowest BCUT2D eigenvalue weighted by Gasteiger charge is -2.35. The summed E-state index contributed by atoms with van der Waals surface area (Å²) < 4.78 is 0. The fourth-order valence-electron chi connectivity index (χ4n) is 1.62. The van der Waals surface area contributed by atoms with Crippen LogP contribution in [0, 0.1) is 0 Å². The zero-order valence-electron chi connectivity index (χ0n) is 7.10. The summed E-state index contributed by atoms with van der Waals surface area (Å²) in [7, 11) is 0. The fraction of sp³-hybridized carbons (Fsp3) is 0.300. The third-order valence-corrected chi connectivity index (χ3v) is 2.45. The van der Waals surface area contributed by atoms with Crippen LogP contribution in [0.1, 0.15) is 11.5 Å². The van der Waals surface area contributed by atoms with Crippen LogP contribution in [0.2, 0.25) is 0 Å². The molecule has 3 nitrogen and oxygen atoms in total. The van der Waals surface area contributed by atoms with Crippen LogP contribution in [-0.4, -0.2) is 23.7 Å². The van der Waals surface area contributed by atoms with Gasteiger partial charge in [-0.15, -0.1) is 0 Å². The largest absolute Gasteiger partial charge is 0.480 e. The minimum Gasteiger partial charge on any atom is -0.480 e. The van der Waals surface area contributed by atoms with Crippen molar-refractivity contribution in [1.29, 1.82) is 0 Å². The number of nitrogens with one attached hydrogen (secondary N) is 1. The summed E-state index contributed by atoms with van der Waals surface area (Å²) in [6, 6.07) is 9.36. The Hall–Kier alpha value is -1.35. The molecule has 13 heavy (non-hydrogen) atoms. The number of carboxylic acids is 1. The molecule has 1 heterocycles. The Morgan fingerprint density at radius 3 is 2.54 bits per heavy atom. The van der Waals surface area contributed by atoms with Gasteiger partial charge in [0.2, 0.25) is 0 Å². The van der Waals surface area contributed by atoms with Gasteiger partial charge < -0.3 is 10.4 Å². The van der Waals surface area contributed by atoms with Crippen molar-refractivity contribution in [3.8, 4) is 0 Å². The van der Waals surface area contributed by atoms with E-state index in [1.165, 1.54) is 0 Å². The van der Waals surface area contributed by atoms with Gasteiger partial charge in [0.15, 0.2) is 0 Å². The highest BCUT2D eigenvalue weighted by atomic mass is 16.4. The van der Waals surface area contributed by atoms with Crippen LogP contribution in [0.25, 0.3) is 0 Å². The number of benzene rings is 1. The minimum absolute atomic E-state index is 0.138. The van der Waals surface area contributed by atoms with Crippen LogP contribution in [0.4, 0.5) is 0 Å². The van der Waals surface area contributed by atoms with Crippen molar-refractivity contribution < 1.29 is 9.90 Å². The van der Waals surface area contributed by atoms with E-state index < -0.39 is 12.0 Å². The molecule has 1 aliphatic rings.